The van der Waals surface area contributed by atoms with E-state index in [1.165, 1.54) is 13.1 Å². The molecule has 0 radical (unpaired) electrons. The fraction of sp³-hybridized carbons (Fsp3) is 0.464. The summed E-state index contributed by atoms with van der Waals surface area (Å²) in [5.74, 6) is -0.523. The third-order valence-corrected chi connectivity index (χ3v) is 7.28. The highest BCUT2D eigenvalue weighted by atomic mass is 19.1. The monoisotopic (exact) mass is 509 g/mol. The molecule has 1 saturated carbocycles. The van der Waals surface area contributed by atoms with E-state index in [0.717, 1.165) is 5.56 Å². The molecule has 1 aliphatic carbocycles. The van der Waals surface area contributed by atoms with Crippen LogP contribution in [0, 0.1) is 11.8 Å². The molecule has 2 aromatic rings. The first kappa shape index (κ1) is 25.0. The van der Waals surface area contributed by atoms with Crippen LogP contribution in [-0.4, -0.2) is 67.4 Å². The number of carbonyl (C=O) groups excluding carboxylic acids is 3. The Morgan fingerprint density at radius 3 is 2.35 bits per heavy atom. The highest BCUT2D eigenvalue weighted by molar-refractivity contribution is 6.02. The summed E-state index contributed by atoms with van der Waals surface area (Å²) in [6.07, 6.45) is -1.13. The molecule has 0 spiro atoms. The van der Waals surface area contributed by atoms with Crippen molar-refractivity contribution in [3.63, 3.8) is 0 Å². The average Bonchev–Trinajstić information content (AvgIpc) is 3.21. The van der Waals surface area contributed by atoms with Gasteiger partial charge in [0.15, 0.2) is 0 Å². The second-order valence-corrected chi connectivity index (χ2v) is 10.9. The number of carbonyl (C=O) groups is 3. The van der Waals surface area contributed by atoms with Crippen LogP contribution in [0.2, 0.25) is 0 Å². The number of hydrogen-bond donors (Lipinski definition) is 2. The van der Waals surface area contributed by atoms with Crippen molar-refractivity contribution in [1.82, 2.24) is 15.5 Å². The van der Waals surface area contributed by atoms with E-state index >= 15 is 0 Å². The minimum Gasteiger partial charge on any atom is -0.486 e. The summed E-state index contributed by atoms with van der Waals surface area (Å²) < 4.78 is 25.4. The second-order valence-electron chi connectivity index (χ2n) is 10.9. The third-order valence-electron chi connectivity index (χ3n) is 7.28. The van der Waals surface area contributed by atoms with Gasteiger partial charge in [-0.15, -0.1) is 0 Å². The van der Waals surface area contributed by atoms with Crippen LogP contribution < -0.4 is 15.4 Å². The first-order valence-corrected chi connectivity index (χ1v) is 12.6. The third kappa shape index (κ3) is 4.74. The van der Waals surface area contributed by atoms with Gasteiger partial charge in [0.05, 0.1) is 11.5 Å². The van der Waals surface area contributed by atoms with Crippen molar-refractivity contribution < 1.29 is 28.2 Å². The normalized spacial score (nSPS) is 25.5. The van der Waals surface area contributed by atoms with Crippen LogP contribution >= 0.6 is 0 Å². The van der Waals surface area contributed by atoms with Crippen LogP contribution in [0.5, 0.6) is 5.75 Å². The maximum Gasteiger partial charge on any atom is 0.410 e. The largest absolute Gasteiger partial charge is 0.486 e. The zero-order chi connectivity index (χ0) is 26.5. The Balaban J connectivity index is 1.36. The molecule has 37 heavy (non-hydrogen) atoms. The fourth-order valence-corrected chi connectivity index (χ4v) is 5.49. The molecule has 2 aliphatic heterocycles. The molecule has 0 bridgehead atoms. The van der Waals surface area contributed by atoms with Gasteiger partial charge in [-0.3, -0.25) is 9.59 Å². The predicted molar refractivity (Wildman–Crippen MR) is 135 cm³/mol. The number of benzene rings is 2. The van der Waals surface area contributed by atoms with Gasteiger partial charge in [0.25, 0.3) is 11.8 Å². The van der Waals surface area contributed by atoms with E-state index in [4.69, 9.17) is 9.47 Å². The first-order chi connectivity index (χ1) is 17.6. The zero-order valence-electron chi connectivity index (χ0n) is 21.4. The number of piperidine rings is 1. The highest BCUT2D eigenvalue weighted by Gasteiger charge is 2.58. The maximum absolute atomic E-state index is 14.0. The number of alkyl halides is 1. The van der Waals surface area contributed by atoms with Crippen molar-refractivity contribution in [2.24, 2.45) is 11.8 Å². The smallest absolute Gasteiger partial charge is 0.410 e. The van der Waals surface area contributed by atoms with Crippen molar-refractivity contribution in [3.8, 4) is 5.75 Å². The molecule has 0 aromatic heterocycles. The van der Waals surface area contributed by atoms with Crippen molar-refractivity contribution in [3.05, 3.63) is 64.7 Å². The lowest BCUT2D eigenvalue weighted by atomic mass is 9.86. The van der Waals surface area contributed by atoms with E-state index < -0.39 is 30.2 Å². The summed E-state index contributed by atoms with van der Waals surface area (Å²) >= 11 is 0. The molecule has 196 valence electrons. The van der Waals surface area contributed by atoms with Crippen LogP contribution in [0.1, 0.15) is 58.5 Å². The number of hydrogen-bond acceptors (Lipinski definition) is 5. The van der Waals surface area contributed by atoms with Gasteiger partial charge in [-0.2, -0.15) is 0 Å². The molecule has 2 N–H and O–H groups in total. The maximum atomic E-state index is 14.0. The number of amides is 3. The van der Waals surface area contributed by atoms with Gasteiger partial charge in [-0.1, -0.05) is 30.3 Å². The average molecular weight is 510 g/mol. The van der Waals surface area contributed by atoms with Gasteiger partial charge in [0.2, 0.25) is 0 Å². The zero-order valence-corrected chi connectivity index (χ0v) is 21.4. The van der Waals surface area contributed by atoms with Gasteiger partial charge in [0, 0.05) is 49.1 Å². The number of fused-ring (bicyclic) bond motifs is 2. The molecular formula is C28H32FN3O5. The SMILES string of the molecule is CNC(=O)c1cc(C(=O)NC2C3CN(C(=O)OC(C)(C)C)CC32)cc2c1O[C@H](CF)[C@H]2c1ccccc1. The minimum absolute atomic E-state index is 0.0531. The van der Waals surface area contributed by atoms with E-state index in [2.05, 4.69) is 10.6 Å². The van der Waals surface area contributed by atoms with Crippen molar-refractivity contribution in [1.29, 1.82) is 0 Å². The molecule has 2 heterocycles. The molecule has 8 nitrogen and oxygen atoms in total. The van der Waals surface area contributed by atoms with E-state index in [9.17, 15) is 18.8 Å². The minimum atomic E-state index is -0.791. The van der Waals surface area contributed by atoms with Gasteiger partial charge in [-0.05, 0) is 38.5 Å². The lowest BCUT2D eigenvalue weighted by molar-refractivity contribution is 0.0269. The van der Waals surface area contributed by atoms with Crippen LogP contribution in [0.25, 0.3) is 0 Å². The Morgan fingerprint density at radius 1 is 1.08 bits per heavy atom. The lowest BCUT2D eigenvalue weighted by Gasteiger charge is -2.26. The van der Waals surface area contributed by atoms with Crippen LogP contribution in [0.4, 0.5) is 9.18 Å². The molecule has 2 unspecified atom stereocenters. The Labute approximate surface area is 215 Å². The quantitative estimate of drug-likeness (QED) is 0.643. The standard InChI is InChI=1S/C28H32FN3O5/c1-28(2,3)37-27(35)32-13-19-20(14-32)23(19)31-25(33)16-10-17-22(15-8-6-5-7-9-15)21(12-29)36-24(17)18(11-16)26(34)30-4/h5-11,19-23H,12-14H2,1-4H3,(H,30,34)(H,31,33)/t19?,20?,21-,22+,23?/m1/s1. The molecule has 2 fully saturated rings. The van der Waals surface area contributed by atoms with Crippen LogP contribution in [-0.2, 0) is 4.74 Å². The Bertz CT molecular complexity index is 1220. The van der Waals surface area contributed by atoms with E-state index in [0.29, 0.717) is 30.0 Å². The molecule has 4 atom stereocenters. The second kappa shape index (κ2) is 9.36. The van der Waals surface area contributed by atoms with Gasteiger partial charge < -0.3 is 25.0 Å². The predicted octanol–water partition coefficient (Wildman–Crippen LogP) is 3.50. The summed E-state index contributed by atoms with van der Waals surface area (Å²) in [7, 11) is 1.50. The van der Waals surface area contributed by atoms with Crippen LogP contribution in [0.3, 0.4) is 0 Å². The number of ether oxygens (including phenoxy) is 2. The summed E-state index contributed by atoms with van der Waals surface area (Å²) in [6, 6.07) is 12.5. The number of rotatable bonds is 5. The molecular weight excluding hydrogens is 477 g/mol. The van der Waals surface area contributed by atoms with Crippen molar-refractivity contribution >= 4 is 17.9 Å². The van der Waals surface area contributed by atoms with Gasteiger partial charge >= 0.3 is 6.09 Å². The number of halogens is 1. The summed E-state index contributed by atoms with van der Waals surface area (Å²) in [5, 5.41) is 5.66. The fourth-order valence-electron chi connectivity index (χ4n) is 5.49. The Hall–Kier alpha value is -3.62. The molecule has 3 amide bonds. The van der Waals surface area contributed by atoms with Crippen LogP contribution in [0.15, 0.2) is 42.5 Å². The summed E-state index contributed by atoms with van der Waals surface area (Å²) in [4.78, 5) is 40.1. The van der Waals surface area contributed by atoms with E-state index in [-0.39, 0.29) is 35.4 Å². The Morgan fingerprint density at radius 2 is 1.76 bits per heavy atom. The molecule has 1 saturated heterocycles. The summed E-state index contributed by atoms with van der Waals surface area (Å²) in [6.45, 7) is 5.82. The Kier molecular flexibility index (Phi) is 6.33. The number of likely N-dealkylation sites (tertiary alicyclic amines) is 1. The van der Waals surface area contributed by atoms with Crippen molar-refractivity contribution in [2.75, 3.05) is 26.8 Å². The molecule has 9 heteroatoms. The van der Waals surface area contributed by atoms with Gasteiger partial charge in [0.1, 0.15) is 24.1 Å². The first-order valence-electron chi connectivity index (χ1n) is 12.6. The lowest BCUT2D eigenvalue weighted by Crippen LogP contribution is -2.40. The van der Waals surface area contributed by atoms with Crippen molar-refractivity contribution in [2.45, 2.75) is 44.4 Å². The molecule has 2 aromatic carbocycles. The highest BCUT2D eigenvalue weighted by Crippen LogP contribution is 2.47. The summed E-state index contributed by atoms with van der Waals surface area (Å²) in [5.41, 5.74) is 1.43. The van der Waals surface area contributed by atoms with E-state index in [1.807, 2.05) is 51.1 Å². The number of nitrogens with zero attached hydrogens (tertiary/aromatic N) is 1. The topological polar surface area (TPSA) is 97.0 Å². The molecule has 5 rings (SSSR count). The molecule has 3 aliphatic rings. The van der Waals surface area contributed by atoms with E-state index in [1.54, 1.807) is 11.0 Å². The number of nitrogens with one attached hydrogen (secondary N) is 2. The van der Waals surface area contributed by atoms with Gasteiger partial charge in [-0.25, -0.2) is 9.18 Å².